The van der Waals surface area contributed by atoms with Crippen LogP contribution in [0.25, 0.3) is 10.2 Å². The van der Waals surface area contributed by atoms with E-state index < -0.39 is 28.3 Å². The zero-order valence-corrected chi connectivity index (χ0v) is 12.9. The van der Waals surface area contributed by atoms with Gasteiger partial charge in [-0.2, -0.15) is 4.31 Å². The lowest BCUT2D eigenvalue weighted by molar-refractivity contribution is -0.0853. The summed E-state index contributed by atoms with van der Waals surface area (Å²) in [6, 6.07) is 4.68. The van der Waals surface area contributed by atoms with Crippen molar-refractivity contribution in [2.24, 2.45) is 5.92 Å². The molecule has 0 aliphatic carbocycles. The van der Waals surface area contributed by atoms with Gasteiger partial charge in [-0.3, -0.25) is 0 Å². The lowest BCUT2D eigenvalue weighted by atomic mass is 9.97. The molecule has 1 aromatic heterocycles. The molecule has 1 fully saturated rings. The molecule has 3 rings (SSSR count). The van der Waals surface area contributed by atoms with Crippen molar-refractivity contribution in [1.82, 2.24) is 9.29 Å². The molecule has 0 N–H and O–H groups in total. The zero-order chi connectivity index (χ0) is 15.3. The third kappa shape index (κ3) is 2.56. The Bertz CT molecular complexity index is 773. The molecule has 0 saturated carbocycles. The summed E-state index contributed by atoms with van der Waals surface area (Å²) in [5, 5.41) is 0. The van der Waals surface area contributed by atoms with Gasteiger partial charge in [-0.05, 0) is 18.2 Å². The Morgan fingerprint density at radius 1 is 1.43 bits per heavy atom. The first kappa shape index (κ1) is 14.8. The van der Waals surface area contributed by atoms with Gasteiger partial charge in [-0.1, -0.05) is 6.92 Å². The Morgan fingerprint density at radius 3 is 2.90 bits per heavy atom. The SMILES string of the molecule is CC1CN(S(=O)(=O)c2ccc3ncsc3c2)CCC1(F)F. The number of hydrogen-bond donors (Lipinski definition) is 0. The Balaban J connectivity index is 1.93. The molecule has 0 amide bonds. The van der Waals surface area contributed by atoms with E-state index in [9.17, 15) is 17.2 Å². The van der Waals surface area contributed by atoms with Crippen molar-refractivity contribution in [1.29, 1.82) is 0 Å². The number of rotatable bonds is 2. The Labute approximate surface area is 125 Å². The standard InChI is InChI=1S/C13H14F2N2O2S2/c1-9-7-17(5-4-13(9,14)15)21(18,19)10-2-3-11-12(6-10)20-8-16-11/h2-3,6,8-9H,4-5,7H2,1H3. The maximum Gasteiger partial charge on any atom is 0.253 e. The molecule has 1 aromatic carbocycles. The van der Waals surface area contributed by atoms with Crippen molar-refractivity contribution in [2.75, 3.05) is 13.1 Å². The van der Waals surface area contributed by atoms with Crippen LogP contribution in [0.2, 0.25) is 0 Å². The number of nitrogens with zero attached hydrogens (tertiary/aromatic N) is 2. The van der Waals surface area contributed by atoms with E-state index in [1.54, 1.807) is 17.6 Å². The van der Waals surface area contributed by atoms with Crippen LogP contribution >= 0.6 is 11.3 Å². The van der Waals surface area contributed by atoms with Crippen molar-refractivity contribution in [2.45, 2.75) is 24.2 Å². The monoisotopic (exact) mass is 332 g/mol. The lowest BCUT2D eigenvalue weighted by Gasteiger charge is -2.35. The molecule has 0 bridgehead atoms. The average Bonchev–Trinajstić information content (AvgIpc) is 2.89. The van der Waals surface area contributed by atoms with Crippen LogP contribution in [0.5, 0.6) is 0 Å². The van der Waals surface area contributed by atoms with Gasteiger partial charge >= 0.3 is 0 Å². The third-order valence-electron chi connectivity index (χ3n) is 3.83. The van der Waals surface area contributed by atoms with Crippen LogP contribution in [0.4, 0.5) is 8.78 Å². The van der Waals surface area contributed by atoms with Gasteiger partial charge in [0.25, 0.3) is 5.92 Å². The average molecular weight is 332 g/mol. The van der Waals surface area contributed by atoms with Crippen LogP contribution in [-0.2, 0) is 10.0 Å². The molecular formula is C13H14F2N2O2S2. The zero-order valence-electron chi connectivity index (χ0n) is 11.3. The molecule has 4 nitrogen and oxygen atoms in total. The van der Waals surface area contributed by atoms with Gasteiger partial charge in [0.1, 0.15) is 0 Å². The first-order valence-corrected chi connectivity index (χ1v) is 8.84. The molecule has 1 atom stereocenters. The minimum atomic E-state index is -3.74. The molecule has 1 saturated heterocycles. The number of aromatic nitrogens is 1. The van der Waals surface area contributed by atoms with E-state index in [4.69, 9.17) is 0 Å². The van der Waals surface area contributed by atoms with E-state index in [0.717, 1.165) is 14.5 Å². The number of hydrogen-bond acceptors (Lipinski definition) is 4. The van der Waals surface area contributed by atoms with Crippen molar-refractivity contribution >= 4 is 31.6 Å². The van der Waals surface area contributed by atoms with Gasteiger partial charge in [0.05, 0.1) is 20.6 Å². The van der Waals surface area contributed by atoms with Gasteiger partial charge in [0.15, 0.2) is 0 Å². The van der Waals surface area contributed by atoms with Crippen molar-refractivity contribution in [3.63, 3.8) is 0 Å². The normalized spacial score (nSPS) is 23.5. The highest BCUT2D eigenvalue weighted by atomic mass is 32.2. The van der Waals surface area contributed by atoms with Gasteiger partial charge in [0, 0.05) is 25.4 Å². The molecule has 0 spiro atoms. The van der Waals surface area contributed by atoms with Crippen molar-refractivity contribution < 1.29 is 17.2 Å². The van der Waals surface area contributed by atoms with E-state index >= 15 is 0 Å². The van der Waals surface area contributed by atoms with Crippen LogP contribution in [-0.4, -0.2) is 36.7 Å². The minimum Gasteiger partial charge on any atom is -0.245 e. The van der Waals surface area contributed by atoms with E-state index in [2.05, 4.69) is 4.98 Å². The van der Waals surface area contributed by atoms with E-state index in [0.29, 0.717) is 0 Å². The quantitative estimate of drug-likeness (QED) is 0.849. The molecular weight excluding hydrogens is 318 g/mol. The highest BCUT2D eigenvalue weighted by molar-refractivity contribution is 7.89. The molecule has 21 heavy (non-hydrogen) atoms. The second-order valence-corrected chi connectivity index (χ2v) is 8.08. The first-order valence-electron chi connectivity index (χ1n) is 6.52. The summed E-state index contributed by atoms with van der Waals surface area (Å²) in [5.41, 5.74) is 2.38. The topological polar surface area (TPSA) is 50.3 Å². The van der Waals surface area contributed by atoms with Crippen molar-refractivity contribution in [3.05, 3.63) is 23.7 Å². The number of benzene rings is 1. The van der Waals surface area contributed by atoms with Crippen LogP contribution in [0, 0.1) is 5.92 Å². The number of fused-ring (bicyclic) bond motifs is 1. The van der Waals surface area contributed by atoms with E-state index in [-0.39, 0.29) is 18.0 Å². The summed E-state index contributed by atoms with van der Waals surface area (Å²) >= 11 is 1.35. The number of thiazole rings is 1. The molecule has 1 aliphatic rings. The molecule has 0 radical (unpaired) electrons. The maximum absolute atomic E-state index is 13.5. The number of alkyl halides is 2. The van der Waals surface area contributed by atoms with Gasteiger partial charge in [0.2, 0.25) is 10.0 Å². The maximum atomic E-state index is 13.5. The fourth-order valence-electron chi connectivity index (χ4n) is 2.41. The van der Waals surface area contributed by atoms with Gasteiger partial charge in [-0.25, -0.2) is 22.2 Å². The first-order chi connectivity index (χ1) is 9.80. The molecule has 114 valence electrons. The molecule has 2 aromatic rings. The molecule has 1 aliphatic heterocycles. The summed E-state index contributed by atoms with van der Waals surface area (Å²) in [6.45, 7) is 1.07. The van der Waals surface area contributed by atoms with E-state index in [1.807, 2.05) is 0 Å². The number of piperidine rings is 1. The summed E-state index contributed by atoms with van der Waals surface area (Å²) in [4.78, 5) is 4.23. The fourth-order valence-corrected chi connectivity index (χ4v) is 4.76. The molecule has 2 heterocycles. The summed E-state index contributed by atoms with van der Waals surface area (Å²) in [7, 11) is -3.74. The summed E-state index contributed by atoms with van der Waals surface area (Å²) in [5.74, 6) is -3.78. The van der Waals surface area contributed by atoms with Gasteiger partial charge in [-0.15, -0.1) is 11.3 Å². The number of halogens is 2. The second kappa shape index (κ2) is 4.96. The predicted octanol–water partition coefficient (Wildman–Crippen LogP) is 2.96. The highest BCUT2D eigenvalue weighted by Gasteiger charge is 2.44. The van der Waals surface area contributed by atoms with Crippen LogP contribution in [0.15, 0.2) is 28.6 Å². The minimum absolute atomic E-state index is 0.136. The Hall–Kier alpha value is -1.12. The second-order valence-electron chi connectivity index (χ2n) is 5.26. The third-order valence-corrected chi connectivity index (χ3v) is 6.49. The highest BCUT2D eigenvalue weighted by Crippen LogP contribution is 2.35. The molecule has 8 heteroatoms. The van der Waals surface area contributed by atoms with E-state index in [1.165, 1.54) is 24.3 Å². The van der Waals surface area contributed by atoms with Crippen molar-refractivity contribution in [3.8, 4) is 0 Å². The smallest absolute Gasteiger partial charge is 0.245 e. The van der Waals surface area contributed by atoms with Gasteiger partial charge < -0.3 is 0 Å². The Morgan fingerprint density at radius 2 is 2.19 bits per heavy atom. The molecule has 1 unspecified atom stereocenters. The predicted molar refractivity (Wildman–Crippen MR) is 77.1 cm³/mol. The van der Waals surface area contributed by atoms with Crippen LogP contribution in [0.3, 0.4) is 0 Å². The Kier molecular flexibility index (Phi) is 3.50. The summed E-state index contributed by atoms with van der Waals surface area (Å²) in [6.07, 6.45) is -0.434. The largest absolute Gasteiger partial charge is 0.253 e. The number of sulfonamides is 1. The van der Waals surface area contributed by atoms with Crippen LogP contribution < -0.4 is 0 Å². The summed E-state index contributed by atoms with van der Waals surface area (Å²) < 4.78 is 54.1. The van der Waals surface area contributed by atoms with Crippen LogP contribution in [0.1, 0.15) is 13.3 Å². The lowest BCUT2D eigenvalue weighted by Crippen LogP contribution is -2.48. The fraction of sp³-hybridized carbons (Fsp3) is 0.462.